The Labute approximate surface area is 177 Å². The molecule has 0 aromatic heterocycles. The average molecular weight is 402 g/mol. The molecule has 154 valence electrons. The van der Waals surface area contributed by atoms with E-state index in [2.05, 4.69) is 10.2 Å². The Bertz CT molecular complexity index is 960. The SMILES string of the molecule is Cc1cc(N)c(N2CCOCC2)cc1NC(=O)C(c1ccccc1)c1ccccc1. The van der Waals surface area contributed by atoms with E-state index in [0.717, 1.165) is 46.8 Å². The summed E-state index contributed by atoms with van der Waals surface area (Å²) in [5, 5.41) is 3.16. The zero-order valence-electron chi connectivity index (χ0n) is 17.2. The Balaban J connectivity index is 1.65. The van der Waals surface area contributed by atoms with E-state index in [0.29, 0.717) is 13.2 Å². The molecule has 4 rings (SSSR count). The van der Waals surface area contributed by atoms with E-state index in [9.17, 15) is 4.79 Å². The van der Waals surface area contributed by atoms with Crippen LogP contribution in [0.2, 0.25) is 0 Å². The number of anilines is 3. The minimum atomic E-state index is -0.392. The molecule has 0 bridgehead atoms. The molecule has 1 aliphatic heterocycles. The van der Waals surface area contributed by atoms with Crippen LogP contribution in [0, 0.1) is 6.92 Å². The summed E-state index contributed by atoms with van der Waals surface area (Å²) in [4.78, 5) is 15.7. The molecule has 0 spiro atoms. The Morgan fingerprint density at radius 2 is 1.53 bits per heavy atom. The standard InChI is InChI=1S/C25H27N3O2/c1-18-16-21(26)23(28-12-14-30-15-13-28)17-22(18)27-25(29)24(19-8-4-2-5-9-19)20-10-6-3-7-11-20/h2-11,16-17,24H,12-15,26H2,1H3,(H,27,29). The lowest BCUT2D eigenvalue weighted by Gasteiger charge is -2.30. The zero-order valence-corrected chi connectivity index (χ0v) is 17.2. The summed E-state index contributed by atoms with van der Waals surface area (Å²) in [6, 6.07) is 23.7. The molecule has 0 saturated carbocycles. The van der Waals surface area contributed by atoms with E-state index in [4.69, 9.17) is 10.5 Å². The molecule has 3 aromatic carbocycles. The summed E-state index contributed by atoms with van der Waals surface area (Å²) in [5.41, 5.74) is 11.6. The lowest BCUT2D eigenvalue weighted by molar-refractivity contribution is -0.116. The molecule has 3 N–H and O–H groups in total. The van der Waals surface area contributed by atoms with Crippen LogP contribution in [0.4, 0.5) is 17.1 Å². The van der Waals surface area contributed by atoms with Gasteiger partial charge in [-0.1, -0.05) is 60.7 Å². The minimum absolute atomic E-state index is 0.0619. The van der Waals surface area contributed by atoms with Crippen LogP contribution in [0.5, 0.6) is 0 Å². The fraction of sp³-hybridized carbons (Fsp3) is 0.240. The van der Waals surface area contributed by atoms with Gasteiger partial charge in [0.25, 0.3) is 0 Å². The maximum absolute atomic E-state index is 13.5. The summed E-state index contributed by atoms with van der Waals surface area (Å²) in [7, 11) is 0. The van der Waals surface area contributed by atoms with Crippen LogP contribution >= 0.6 is 0 Å². The summed E-state index contributed by atoms with van der Waals surface area (Å²) >= 11 is 0. The Kier molecular flexibility index (Phi) is 6.00. The third kappa shape index (κ3) is 4.31. The maximum Gasteiger partial charge on any atom is 0.236 e. The van der Waals surface area contributed by atoms with E-state index in [1.54, 1.807) is 0 Å². The number of hydrogen-bond donors (Lipinski definition) is 2. The van der Waals surface area contributed by atoms with Gasteiger partial charge in [-0.3, -0.25) is 4.79 Å². The van der Waals surface area contributed by atoms with Gasteiger partial charge >= 0.3 is 0 Å². The second-order valence-corrected chi connectivity index (χ2v) is 7.57. The molecule has 30 heavy (non-hydrogen) atoms. The van der Waals surface area contributed by atoms with Crippen molar-refractivity contribution in [2.75, 3.05) is 42.3 Å². The monoisotopic (exact) mass is 401 g/mol. The number of carbonyl (C=O) groups excluding carboxylic acids is 1. The van der Waals surface area contributed by atoms with Crippen molar-refractivity contribution in [2.45, 2.75) is 12.8 Å². The molecule has 1 aliphatic rings. The predicted octanol–water partition coefficient (Wildman–Crippen LogP) is 4.18. The van der Waals surface area contributed by atoms with Gasteiger partial charge in [-0.15, -0.1) is 0 Å². The van der Waals surface area contributed by atoms with E-state index < -0.39 is 5.92 Å². The number of hydrogen-bond acceptors (Lipinski definition) is 4. The predicted molar refractivity (Wildman–Crippen MR) is 122 cm³/mol. The van der Waals surface area contributed by atoms with Crippen molar-refractivity contribution in [1.29, 1.82) is 0 Å². The number of rotatable bonds is 5. The van der Waals surface area contributed by atoms with Crippen LogP contribution in [0.25, 0.3) is 0 Å². The van der Waals surface area contributed by atoms with Crippen LogP contribution in [0.3, 0.4) is 0 Å². The molecular formula is C25H27N3O2. The van der Waals surface area contributed by atoms with Gasteiger partial charge in [-0.05, 0) is 35.7 Å². The molecule has 3 aromatic rings. The molecule has 0 radical (unpaired) electrons. The topological polar surface area (TPSA) is 67.6 Å². The minimum Gasteiger partial charge on any atom is -0.397 e. The normalized spacial score (nSPS) is 14.0. The summed E-state index contributed by atoms with van der Waals surface area (Å²) in [5.74, 6) is -0.454. The maximum atomic E-state index is 13.5. The number of nitrogens with one attached hydrogen (secondary N) is 1. The number of nitrogens with two attached hydrogens (primary N) is 1. The lowest BCUT2D eigenvalue weighted by atomic mass is 9.90. The lowest BCUT2D eigenvalue weighted by Crippen LogP contribution is -2.36. The fourth-order valence-electron chi connectivity index (χ4n) is 3.92. The van der Waals surface area contributed by atoms with Gasteiger partial charge in [0, 0.05) is 18.8 Å². The highest BCUT2D eigenvalue weighted by molar-refractivity contribution is 5.99. The highest BCUT2D eigenvalue weighted by atomic mass is 16.5. The first-order chi connectivity index (χ1) is 14.6. The molecule has 1 amide bonds. The fourth-order valence-corrected chi connectivity index (χ4v) is 3.92. The average Bonchev–Trinajstić information content (AvgIpc) is 2.78. The van der Waals surface area contributed by atoms with E-state index in [1.807, 2.05) is 79.7 Å². The number of ether oxygens (including phenoxy) is 1. The quantitative estimate of drug-likeness (QED) is 0.629. The summed E-state index contributed by atoms with van der Waals surface area (Å²) < 4.78 is 5.46. The molecule has 1 saturated heterocycles. The van der Waals surface area contributed by atoms with Crippen molar-refractivity contribution in [3.63, 3.8) is 0 Å². The number of aryl methyl sites for hydroxylation is 1. The highest BCUT2D eigenvalue weighted by Gasteiger charge is 2.24. The first-order valence-electron chi connectivity index (χ1n) is 10.3. The number of benzene rings is 3. The highest BCUT2D eigenvalue weighted by Crippen LogP contribution is 2.32. The number of nitrogens with zero attached hydrogens (tertiary/aromatic N) is 1. The molecule has 0 unspecified atom stereocenters. The molecule has 5 nitrogen and oxygen atoms in total. The Hall–Kier alpha value is -3.31. The van der Waals surface area contributed by atoms with Gasteiger partial charge in [0.1, 0.15) is 0 Å². The van der Waals surface area contributed by atoms with Gasteiger partial charge in [-0.25, -0.2) is 0 Å². The third-order valence-corrected chi connectivity index (χ3v) is 5.51. The number of nitrogen functional groups attached to an aromatic ring is 1. The first-order valence-corrected chi connectivity index (χ1v) is 10.3. The van der Waals surface area contributed by atoms with Crippen LogP contribution in [0.1, 0.15) is 22.6 Å². The second kappa shape index (κ2) is 9.01. The van der Waals surface area contributed by atoms with Gasteiger partial charge in [0.2, 0.25) is 5.91 Å². The van der Waals surface area contributed by atoms with Crippen molar-refractivity contribution in [3.05, 3.63) is 89.5 Å². The largest absolute Gasteiger partial charge is 0.397 e. The van der Waals surface area contributed by atoms with Crippen LogP contribution in [-0.2, 0) is 9.53 Å². The van der Waals surface area contributed by atoms with Gasteiger partial charge in [-0.2, -0.15) is 0 Å². The molecule has 5 heteroatoms. The van der Waals surface area contributed by atoms with Crippen molar-refractivity contribution in [3.8, 4) is 0 Å². The number of carbonyl (C=O) groups is 1. The molecule has 1 heterocycles. The van der Waals surface area contributed by atoms with E-state index >= 15 is 0 Å². The van der Waals surface area contributed by atoms with E-state index in [-0.39, 0.29) is 5.91 Å². The van der Waals surface area contributed by atoms with Crippen LogP contribution in [-0.4, -0.2) is 32.2 Å². The molecule has 0 aliphatic carbocycles. The van der Waals surface area contributed by atoms with Gasteiger partial charge in [0.05, 0.1) is 30.5 Å². The van der Waals surface area contributed by atoms with Crippen LogP contribution in [0.15, 0.2) is 72.8 Å². The third-order valence-electron chi connectivity index (χ3n) is 5.51. The Morgan fingerprint density at radius 1 is 0.967 bits per heavy atom. The summed E-state index contributed by atoms with van der Waals surface area (Å²) in [6.45, 7) is 4.90. The van der Waals surface area contributed by atoms with Crippen molar-refractivity contribution < 1.29 is 9.53 Å². The van der Waals surface area contributed by atoms with Crippen molar-refractivity contribution in [2.24, 2.45) is 0 Å². The van der Waals surface area contributed by atoms with Crippen LogP contribution < -0.4 is 16.0 Å². The summed E-state index contributed by atoms with van der Waals surface area (Å²) in [6.07, 6.45) is 0. The number of amides is 1. The molecular weight excluding hydrogens is 374 g/mol. The Morgan fingerprint density at radius 3 is 2.10 bits per heavy atom. The second-order valence-electron chi connectivity index (χ2n) is 7.57. The zero-order chi connectivity index (χ0) is 20.9. The van der Waals surface area contributed by atoms with E-state index in [1.165, 1.54) is 0 Å². The smallest absolute Gasteiger partial charge is 0.236 e. The van der Waals surface area contributed by atoms with Crippen molar-refractivity contribution in [1.82, 2.24) is 0 Å². The van der Waals surface area contributed by atoms with Crippen molar-refractivity contribution >= 4 is 23.0 Å². The molecule has 1 fully saturated rings. The number of morpholine rings is 1. The first kappa shape index (κ1) is 20.0. The van der Waals surface area contributed by atoms with Gasteiger partial charge < -0.3 is 20.7 Å². The van der Waals surface area contributed by atoms with Gasteiger partial charge in [0.15, 0.2) is 0 Å². The molecule has 0 atom stereocenters.